The summed E-state index contributed by atoms with van der Waals surface area (Å²) in [6, 6.07) is 20.2. The lowest BCUT2D eigenvalue weighted by molar-refractivity contribution is -0.133. The molecule has 2 atom stereocenters. The third-order valence-corrected chi connectivity index (χ3v) is 6.93. The SMILES string of the molecule is CN(CC1COc2ccccc2O1)C(=O)C(Cc1ccccc1)NS(=O)(=O)c1ccccc1F. The van der Waals surface area contributed by atoms with Gasteiger partial charge in [-0.2, -0.15) is 4.72 Å². The maximum absolute atomic E-state index is 14.2. The molecule has 1 heterocycles. The van der Waals surface area contributed by atoms with Crippen LogP contribution >= 0.6 is 0 Å². The Bertz CT molecular complexity index is 1250. The van der Waals surface area contributed by atoms with Crippen molar-refractivity contribution >= 4 is 15.9 Å². The van der Waals surface area contributed by atoms with Crippen molar-refractivity contribution < 1.29 is 27.1 Å². The van der Waals surface area contributed by atoms with Crippen LogP contribution in [-0.4, -0.2) is 51.6 Å². The van der Waals surface area contributed by atoms with Gasteiger partial charge in [0.15, 0.2) is 17.6 Å². The molecule has 0 spiro atoms. The van der Waals surface area contributed by atoms with Crippen LogP contribution in [0.4, 0.5) is 4.39 Å². The van der Waals surface area contributed by atoms with Crippen LogP contribution < -0.4 is 14.2 Å². The second-order valence-electron chi connectivity index (χ2n) is 8.01. The Morgan fingerprint density at radius 1 is 1.03 bits per heavy atom. The minimum Gasteiger partial charge on any atom is -0.486 e. The molecule has 7 nitrogen and oxygen atoms in total. The summed E-state index contributed by atoms with van der Waals surface area (Å²) in [7, 11) is -2.72. The van der Waals surface area contributed by atoms with Crippen LogP contribution in [0.5, 0.6) is 11.5 Å². The van der Waals surface area contributed by atoms with Crippen molar-refractivity contribution in [1.29, 1.82) is 0 Å². The normalized spacial score (nSPS) is 16.0. The van der Waals surface area contributed by atoms with Crippen molar-refractivity contribution in [3.8, 4) is 11.5 Å². The van der Waals surface area contributed by atoms with Crippen molar-refractivity contribution in [2.45, 2.75) is 23.5 Å². The van der Waals surface area contributed by atoms with Crippen LogP contribution in [0.3, 0.4) is 0 Å². The molecule has 0 radical (unpaired) electrons. The molecule has 1 aliphatic heterocycles. The number of ether oxygens (including phenoxy) is 2. The van der Waals surface area contributed by atoms with Crippen molar-refractivity contribution in [2.75, 3.05) is 20.2 Å². The van der Waals surface area contributed by atoms with Crippen LogP contribution in [0.15, 0.2) is 83.8 Å². The number of benzene rings is 3. The zero-order valence-electron chi connectivity index (χ0n) is 18.6. The molecule has 1 amide bonds. The van der Waals surface area contributed by atoms with Gasteiger partial charge in [-0.25, -0.2) is 12.8 Å². The summed E-state index contributed by atoms with van der Waals surface area (Å²) >= 11 is 0. The maximum atomic E-state index is 14.2. The molecular formula is C25H25FN2O5S. The fraction of sp³-hybridized carbons (Fsp3) is 0.240. The van der Waals surface area contributed by atoms with E-state index in [-0.39, 0.29) is 19.6 Å². The monoisotopic (exact) mass is 484 g/mol. The van der Waals surface area contributed by atoms with Crippen molar-refractivity contribution in [1.82, 2.24) is 9.62 Å². The van der Waals surface area contributed by atoms with E-state index in [1.54, 1.807) is 43.4 Å². The number of fused-ring (bicyclic) bond motifs is 1. The molecule has 1 N–H and O–H groups in total. The highest BCUT2D eigenvalue weighted by molar-refractivity contribution is 7.89. The van der Waals surface area contributed by atoms with E-state index >= 15 is 0 Å². The fourth-order valence-corrected chi connectivity index (χ4v) is 5.03. The second kappa shape index (κ2) is 10.2. The van der Waals surface area contributed by atoms with E-state index in [1.165, 1.54) is 17.0 Å². The summed E-state index contributed by atoms with van der Waals surface area (Å²) < 4.78 is 54.1. The molecule has 4 rings (SSSR count). The third kappa shape index (κ3) is 5.55. The molecule has 2 unspecified atom stereocenters. The van der Waals surface area contributed by atoms with Gasteiger partial charge < -0.3 is 14.4 Å². The van der Waals surface area contributed by atoms with E-state index in [0.717, 1.165) is 17.7 Å². The lowest BCUT2D eigenvalue weighted by Crippen LogP contribution is -2.51. The predicted molar refractivity (Wildman–Crippen MR) is 125 cm³/mol. The first-order valence-electron chi connectivity index (χ1n) is 10.8. The molecule has 0 saturated heterocycles. The Balaban J connectivity index is 1.52. The summed E-state index contributed by atoms with van der Waals surface area (Å²) in [5.41, 5.74) is 0.761. The Labute approximate surface area is 198 Å². The molecule has 9 heteroatoms. The highest BCUT2D eigenvalue weighted by Gasteiger charge is 2.31. The first kappa shape index (κ1) is 23.7. The number of hydrogen-bond donors (Lipinski definition) is 1. The van der Waals surface area contributed by atoms with Gasteiger partial charge in [0.1, 0.15) is 23.4 Å². The Morgan fingerprint density at radius 3 is 2.41 bits per heavy atom. The van der Waals surface area contributed by atoms with Crippen LogP contribution in [0, 0.1) is 5.82 Å². The van der Waals surface area contributed by atoms with E-state index < -0.39 is 38.8 Å². The van der Waals surface area contributed by atoms with Gasteiger partial charge in [0, 0.05) is 7.05 Å². The summed E-state index contributed by atoms with van der Waals surface area (Å²) in [5.74, 6) is -0.139. The van der Waals surface area contributed by atoms with Gasteiger partial charge in [0.25, 0.3) is 0 Å². The number of hydrogen-bond acceptors (Lipinski definition) is 5. The van der Waals surface area contributed by atoms with Crippen LogP contribution in [0.25, 0.3) is 0 Å². The number of carbonyl (C=O) groups excluding carboxylic acids is 1. The summed E-state index contributed by atoms with van der Waals surface area (Å²) in [5, 5.41) is 0. The summed E-state index contributed by atoms with van der Waals surface area (Å²) in [6.45, 7) is 0.429. The van der Waals surface area contributed by atoms with E-state index in [0.29, 0.717) is 11.5 Å². The maximum Gasteiger partial charge on any atom is 0.244 e. The van der Waals surface area contributed by atoms with Gasteiger partial charge >= 0.3 is 0 Å². The minimum absolute atomic E-state index is 0.0998. The van der Waals surface area contributed by atoms with Crippen molar-refractivity contribution in [2.24, 2.45) is 0 Å². The molecule has 3 aromatic carbocycles. The number of halogens is 1. The lowest BCUT2D eigenvalue weighted by Gasteiger charge is -2.31. The molecular weight excluding hydrogens is 459 g/mol. The number of rotatable bonds is 8. The Hall–Kier alpha value is -3.43. The zero-order chi connectivity index (χ0) is 24.1. The fourth-order valence-electron chi connectivity index (χ4n) is 3.76. The topological polar surface area (TPSA) is 84.9 Å². The number of likely N-dealkylation sites (N-methyl/N-ethyl adjacent to an activating group) is 1. The number of amides is 1. The largest absolute Gasteiger partial charge is 0.486 e. The van der Waals surface area contributed by atoms with Crippen molar-refractivity contribution in [3.05, 3.63) is 90.2 Å². The van der Waals surface area contributed by atoms with E-state index in [2.05, 4.69) is 4.72 Å². The average molecular weight is 485 g/mol. The van der Waals surface area contributed by atoms with Crippen LogP contribution in [-0.2, 0) is 21.2 Å². The van der Waals surface area contributed by atoms with Gasteiger partial charge in [0.2, 0.25) is 15.9 Å². The van der Waals surface area contributed by atoms with Crippen LogP contribution in [0.1, 0.15) is 5.56 Å². The molecule has 3 aromatic rings. The first-order chi connectivity index (χ1) is 16.3. The van der Waals surface area contributed by atoms with Gasteiger partial charge in [-0.15, -0.1) is 0 Å². The standard InChI is InChI=1S/C25H25FN2O5S/c1-28(16-19-17-32-22-12-6-7-13-23(22)33-19)25(29)21(15-18-9-3-2-4-10-18)27-34(30,31)24-14-8-5-11-20(24)26/h2-14,19,21,27H,15-17H2,1H3. The number of carbonyl (C=O) groups is 1. The summed E-state index contributed by atoms with van der Waals surface area (Å²) in [6.07, 6.45) is -0.327. The second-order valence-corrected chi connectivity index (χ2v) is 9.69. The smallest absolute Gasteiger partial charge is 0.244 e. The van der Waals surface area contributed by atoms with Gasteiger partial charge in [-0.3, -0.25) is 4.79 Å². The average Bonchev–Trinajstić information content (AvgIpc) is 2.83. The molecule has 0 bridgehead atoms. The molecule has 0 fully saturated rings. The number of nitrogens with one attached hydrogen (secondary N) is 1. The highest BCUT2D eigenvalue weighted by Crippen LogP contribution is 2.31. The molecule has 1 aliphatic rings. The van der Waals surface area contributed by atoms with E-state index in [9.17, 15) is 17.6 Å². The summed E-state index contributed by atoms with van der Waals surface area (Å²) in [4.78, 5) is 14.3. The van der Waals surface area contributed by atoms with Crippen molar-refractivity contribution in [3.63, 3.8) is 0 Å². The molecule has 178 valence electrons. The van der Waals surface area contributed by atoms with Gasteiger partial charge in [0.05, 0.1) is 6.54 Å². The molecule has 0 aliphatic carbocycles. The number of para-hydroxylation sites is 2. The Kier molecular flexibility index (Phi) is 7.14. The van der Waals surface area contributed by atoms with Gasteiger partial charge in [-0.05, 0) is 36.2 Å². The minimum atomic E-state index is -4.29. The first-order valence-corrected chi connectivity index (χ1v) is 12.3. The number of nitrogens with zero attached hydrogens (tertiary/aromatic N) is 1. The van der Waals surface area contributed by atoms with E-state index in [4.69, 9.17) is 9.47 Å². The predicted octanol–water partition coefficient (Wildman–Crippen LogP) is 3.01. The molecule has 0 saturated carbocycles. The Morgan fingerprint density at radius 2 is 1.68 bits per heavy atom. The van der Waals surface area contributed by atoms with E-state index in [1.807, 2.05) is 18.2 Å². The number of sulfonamides is 1. The highest BCUT2D eigenvalue weighted by atomic mass is 32.2. The van der Waals surface area contributed by atoms with Crippen LogP contribution in [0.2, 0.25) is 0 Å². The third-order valence-electron chi connectivity index (χ3n) is 5.43. The molecule has 34 heavy (non-hydrogen) atoms. The quantitative estimate of drug-likeness (QED) is 0.531. The zero-order valence-corrected chi connectivity index (χ0v) is 19.4. The van der Waals surface area contributed by atoms with Gasteiger partial charge in [-0.1, -0.05) is 54.6 Å². The molecule has 0 aromatic heterocycles. The lowest BCUT2D eigenvalue weighted by atomic mass is 10.1.